The van der Waals surface area contributed by atoms with E-state index in [1.807, 2.05) is 0 Å². The molecule has 2 aromatic heterocycles. The molecular weight excluding hydrogens is 440 g/mol. The molecule has 4 heteroatoms. The molecule has 1 aliphatic carbocycles. The Labute approximate surface area is 215 Å². The van der Waals surface area contributed by atoms with Gasteiger partial charge in [0.2, 0.25) is 0 Å². The molecule has 3 N–H and O–H groups in total. The van der Waals surface area contributed by atoms with Crippen molar-refractivity contribution in [2.75, 3.05) is 27.2 Å². The number of allylic oxidation sites excluding steroid dienone is 2. The van der Waals surface area contributed by atoms with Crippen LogP contribution < -0.4 is 10.6 Å². The van der Waals surface area contributed by atoms with Gasteiger partial charge in [0.05, 0.1) is 6.04 Å². The summed E-state index contributed by atoms with van der Waals surface area (Å²) in [6, 6.07) is 18.3. The van der Waals surface area contributed by atoms with Crippen LogP contribution in [0.1, 0.15) is 61.7 Å². The predicted molar refractivity (Wildman–Crippen MR) is 152 cm³/mol. The van der Waals surface area contributed by atoms with Gasteiger partial charge in [-0.05, 0) is 82.0 Å². The Morgan fingerprint density at radius 2 is 1.58 bits per heavy atom. The summed E-state index contributed by atoms with van der Waals surface area (Å²) in [4.78, 5) is 3.97. The van der Waals surface area contributed by atoms with Gasteiger partial charge in [-0.2, -0.15) is 0 Å². The quantitative estimate of drug-likeness (QED) is 0.271. The Bertz CT molecular complexity index is 1450. The summed E-state index contributed by atoms with van der Waals surface area (Å²) in [5.74, 6) is 0.942. The first-order chi connectivity index (χ1) is 17.5. The van der Waals surface area contributed by atoms with Crippen LogP contribution in [0.25, 0.3) is 21.8 Å². The smallest absolute Gasteiger partial charge is 0.0783 e. The molecule has 3 heterocycles. The SMILES string of the molecule is CNCCc1c(C2C3C(C=C(C)CC3(C)C)c3c(CCNC)c4ccccc4n32)[nH]c2ccccc12. The van der Waals surface area contributed by atoms with Gasteiger partial charge in [0.1, 0.15) is 0 Å². The number of nitrogens with zero attached hydrogens (tertiary/aromatic N) is 1. The van der Waals surface area contributed by atoms with Gasteiger partial charge in [0.25, 0.3) is 0 Å². The molecule has 2 aliphatic rings. The van der Waals surface area contributed by atoms with E-state index >= 15 is 0 Å². The second-order valence-corrected chi connectivity index (χ2v) is 11.7. The van der Waals surface area contributed by atoms with Crippen molar-refractivity contribution >= 4 is 21.8 Å². The second kappa shape index (κ2) is 8.93. The van der Waals surface area contributed by atoms with E-state index in [0.29, 0.717) is 11.8 Å². The monoisotopic (exact) mass is 480 g/mol. The van der Waals surface area contributed by atoms with E-state index in [1.165, 1.54) is 44.2 Å². The van der Waals surface area contributed by atoms with Crippen molar-refractivity contribution in [2.24, 2.45) is 11.3 Å². The maximum absolute atomic E-state index is 3.97. The van der Waals surface area contributed by atoms with Crippen LogP contribution in [-0.4, -0.2) is 36.7 Å². The van der Waals surface area contributed by atoms with Gasteiger partial charge in [-0.15, -0.1) is 0 Å². The first kappa shape index (κ1) is 23.6. The van der Waals surface area contributed by atoms with Gasteiger partial charge in [0, 0.05) is 45.0 Å². The van der Waals surface area contributed by atoms with Crippen molar-refractivity contribution in [2.45, 2.75) is 52.0 Å². The molecule has 0 spiro atoms. The minimum absolute atomic E-state index is 0.201. The molecule has 0 radical (unpaired) electrons. The predicted octanol–water partition coefficient (Wildman–Crippen LogP) is 6.33. The number of nitrogens with one attached hydrogen (secondary N) is 3. The molecule has 0 fully saturated rings. The van der Waals surface area contributed by atoms with Crippen LogP contribution in [-0.2, 0) is 12.8 Å². The van der Waals surface area contributed by atoms with E-state index in [9.17, 15) is 0 Å². The summed E-state index contributed by atoms with van der Waals surface area (Å²) < 4.78 is 2.75. The summed E-state index contributed by atoms with van der Waals surface area (Å²) in [6.07, 6.45) is 5.85. The summed E-state index contributed by atoms with van der Waals surface area (Å²) in [5.41, 5.74) is 10.4. The highest BCUT2D eigenvalue weighted by Crippen LogP contribution is 2.61. The minimum atomic E-state index is 0.201. The fraction of sp³-hybridized carbons (Fsp3) is 0.438. The van der Waals surface area contributed by atoms with E-state index < -0.39 is 0 Å². The third kappa shape index (κ3) is 3.49. The third-order valence-electron chi connectivity index (χ3n) is 8.87. The molecule has 36 heavy (non-hydrogen) atoms. The zero-order valence-electron chi connectivity index (χ0n) is 22.4. The zero-order valence-corrected chi connectivity index (χ0v) is 22.4. The van der Waals surface area contributed by atoms with Crippen LogP contribution in [0.2, 0.25) is 0 Å². The van der Waals surface area contributed by atoms with Crippen molar-refractivity contribution < 1.29 is 0 Å². The molecule has 0 amide bonds. The number of aromatic amines is 1. The molecule has 6 rings (SSSR count). The van der Waals surface area contributed by atoms with Crippen molar-refractivity contribution in [3.8, 4) is 0 Å². The molecular formula is C32H40N4. The van der Waals surface area contributed by atoms with Crippen molar-refractivity contribution in [1.29, 1.82) is 0 Å². The van der Waals surface area contributed by atoms with Crippen LogP contribution in [0.5, 0.6) is 0 Å². The van der Waals surface area contributed by atoms with Gasteiger partial charge >= 0.3 is 0 Å². The van der Waals surface area contributed by atoms with Gasteiger partial charge in [-0.3, -0.25) is 0 Å². The molecule has 0 bridgehead atoms. The average molecular weight is 481 g/mol. The second-order valence-electron chi connectivity index (χ2n) is 11.7. The molecule has 0 saturated heterocycles. The molecule has 2 aromatic carbocycles. The van der Waals surface area contributed by atoms with Crippen molar-refractivity contribution in [1.82, 2.24) is 20.2 Å². The summed E-state index contributed by atoms with van der Waals surface area (Å²) >= 11 is 0. The van der Waals surface area contributed by atoms with E-state index in [0.717, 1.165) is 32.4 Å². The largest absolute Gasteiger partial charge is 0.356 e. The topological polar surface area (TPSA) is 44.8 Å². The first-order valence-electron chi connectivity index (χ1n) is 13.6. The number of benzene rings is 2. The Morgan fingerprint density at radius 1 is 0.917 bits per heavy atom. The van der Waals surface area contributed by atoms with Crippen LogP contribution in [0, 0.1) is 11.3 Å². The van der Waals surface area contributed by atoms with Gasteiger partial charge in [-0.1, -0.05) is 61.9 Å². The Balaban J connectivity index is 1.67. The Kier molecular flexibility index (Phi) is 5.85. The van der Waals surface area contributed by atoms with Crippen LogP contribution >= 0.6 is 0 Å². The molecule has 1 aliphatic heterocycles. The maximum atomic E-state index is 3.97. The number of rotatable bonds is 7. The minimum Gasteiger partial charge on any atom is -0.356 e. The average Bonchev–Trinajstić information content (AvgIpc) is 3.49. The highest BCUT2D eigenvalue weighted by atomic mass is 15.1. The highest BCUT2D eigenvalue weighted by Gasteiger charge is 2.52. The molecule has 3 unspecified atom stereocenters. The lowest BCUT2D eigenvalue weighted by molar-refractivity contribution is 0.158. The van der Waals surface area contributed by atoms with Crippen molar-refractivity contribution in [3.05, 3.63) is 82.7 Å². The van der Waals surface area contributed by atoms with E-state index in [1.54, 1.807) is 5.69 Å². The number of hydrogen-bond acceptors (Lipinski definition) is 2. The van der Waals surface area contributed by atoms with Crippen LogP contribution in [0.3, 0.4) is 0 Å². The lowest BCUT2D eigenvalue weighted by Crippen LogP contribution is -2.35. The van der Waals surface area contributed by atoms with Gasteiger partial charge in [0.15, 0.2) is 0 Å². The maximum Gasteiger partial charge on any atom is 0.0783 e. The lowest BCUT2D eigenvalue weighted by Gasteiger charge is -2.42. The number of likely N-dealkylation sites (N-methyl/N-ethyl adjacent to an activating group) is 2. The number of aromatic nitrogens is 2. The van der Waals surface area contributed by atoms with Crippen molar-refractivity contribution in [3.63, 3.8) is 0 Å². The zero-order chi connectivity index (χ0) is 25.0. The first-order valence-corrected chi connectivity index (χ1v) is 13.6. The number of para-hydroxylation sites is 2. The van der Waals surface area contributed by atoms with E-state index in [4.69, 9.17) is 0 Å². The molecule has 0 saturated carbocycles. The van der Waals surface area contributed by atoms with Crippen LogP contribution in [0.15, 0.2) is 60.2 Å². The third-order valence-corrected chi connectivity index (χ3v) is 8.87. The summed E-state index contributed by atoms with van der Waals surface area (Å²) in [5, 5.41) is 9.62. The van der Waals surface area contributed by atoms with Crippen LogP contribution in [0.4, 0.5) is 0 Å². The lowest BCUT2D eigenvalue weighted by atomic mass is 9.62. The Morgan fingerprint density at radius 3 is 2.33 bits per heavy atom. The molecule has 4 nitrogen and oxygen atoms in total. The molecule has 4 aromatic rings. The molecule has 3 atom stereocenters. The molecule has 188 valence electrons. The Hall–Kier alpha value is -2.82. The van der Waals surface area contributed by atoms with E-state index in [2.05, 4.69) is 110 Å². The fourth-order valence-corrected chi connectivity index (χ4v) is 7.65. The standard InChI is InChI=1S/C32H40N4/c1-20-18-25-28(32(2,3)19-20)31(29-23(14-16-33-4)21-10-6-8-12-26(21)35-29)36-27-13-9-7-11-22(27)24(30(25)36)15-17-34-5/h6-13,18,25,28,31,33-35H,14-17,19H2,1-5H3. The number of H-pyrrole nitrogens is 1. The van der Waals surface area contributed by atoms with Gasteiger partial charge < -0.3 is 20.2 Å². The number of fused-ring (bicyclic) bond motifs is 6. The fourth-order valence-electron chi connectivity index (χ4n) is 7.65. The normalized spacial score (nSPS) is 22.7. The van der Waals surface area contributed by atoms with Gasteiger partial charge in [-0.25, -0.2) is 0 Å². The summed E-state index contributed by atoms with van der Waals surface area (Å²) in [7, 11) is 4.12. The number of hydrogen-bond donors (Lipinski definition) is 3. The highest BCUT2D eigenvalue weighted by molar-refractivity contribution is 5.88. The summed E-state index contributed by atoms with van der Waals surface area (Å²) in [6.45, 7) is 9.32. The van der Waals surface area contributed by atoms with E-state index in [-0.39, 0.29) is 11.5 Å².